The minimum atomic E-state index is -0.514. The number of nitrogens with one attached hydrogen (secondary N) is 1. The summed E-state index contributed by atoms with van der Waals surface area (Å²) in [5.74, 6) is 0.714. The highest BCUT2D eigenvalue weighted by atomic mass is 16.7. The molecule has 3 amide bonds. The number of para-hydroxylation sites is 2. The number of piperidine rings is 1. The molecule has 28 heavy (non-hydrogen) atoms. The highest BCUT2D eigenvalue weighted by molar-refractivity contribution is 5.97. The van der Waals surface area contributed by atoms with E-state index < -0.39 is 12.1 Å². The number of urea groups is 1. The summed E-state index contributed by atoms with van der Waals surface area (Å²) in [5.41, 5.74) is 3.85. The Morgan fingerprint density at radius 3 is 2.50 bits per heavy atom. The molecule has 3 heterocycles. The molecule has 146 valence electrons. The van der Waals surface area contributed by atoms with Crippen LogP contribution in [0.5, 0.6) is 0 Å². The molecule has 1 aromatic heterocycles. The van der Waals surface area contributed by atoms with Crippen molar-refractivity contribution in [1.29, 1.82) is 0 Å². The van der Waals surface area contributed by atoms with Gasteiger partial charge in [-0.1, -0.05) is 12.1 Å². The van der Waals surface area contributed by atoms with Crippen LogP contribution in [0.1, 0.15) is 19.3 Å². The highest BCUT2D eigenvalue weighted by Gasteiger charge is 2.29. The van der Waals surface area contributed by atoms with Gasteiger partial charge in [-0.2, -0.15) is 5.48 Å². The van der Waals surface area contributed by atoms with Gasteiger partial charge in [0, 0.05) is 38.6 Å². The van der Waals surface area contributed by atoms with E-state index in [0.29, 0.717) is 37.7 Å². The summed E-state index contributed by atoms with van der Waals surface area (Å²) in [5, 5.41) is 0. The lowest BCUT2D eigenvalue weighted by atomic mass is 10.1. The van der Waals surface area contributed by atoms with E-state index in [2.05, 4.69) is 15.4 Å². The van der Waals surface area contributed by atoms with Gasteiger partial charge >= 0.3 is 12.1 Å². The number of nitrogens with zero attached hydrogens (tertiary/aromatic N) is 5. The van der Waals surface area contributed by atoms with Crippen molar-refractivity contribution in [2.45, 2.75) is 19.3 Å². The maximum absolute atomic E-state index is 12.7. The zero-order valence-corrected chi connectivity index (χ0v) is 15.5. The Labute approximate surface area is 162 Å². The number of carbonyl (C=O) groups excluding carboxylic acids is 2. The fourth-order valence-electron chi connectivity index (χ4n) is 3.52. The molecule has 0 unspecified atom stereocenters. The number of hydroxylamine groups is 1. The zero-order chi connectivity index (χ0) is 19.3. The van der Waals surface area contributed by atoms with Crippen molar-refractivity contribution in [3.8, 4) is 0 Å². The van der Waals surface area contributed by atoms with Gasteiger partial charge in [0.15, 0.2) is 5.82 Å². The second kappa shape index (κ2) is 8.12. The molecule has 1 fully saturated rings. The molecular formula is C19H22N6O3. The van der Waals surface area contributed by atoms with Crippen molar-refractivity contribution in [2.24, 2.45) is 0 Å². The van der Waals surface area contributed by atoms with E-state index in [1.807, 2.05) is 29.2 Å². The van der Waals surface area contributed by atoms with Gasteiger partial charge in [0.1, 0.15) is 0 Å². The van der Waals surface area contributed by atoms with E-state index in [0.717, 1.165) is 24.9 Å². The topological polar surface area (TPSA) is 90.9 Å². The molecule has 2 aliphatic heterocycles. The van der Waals surface area contributed by atoms with Crippen LogP contribution in [0.4, 0.5) is 26.8 Å². The summed E-state index contributed by atoms with van der Waals surface area (Å²) in [7, 11) is 0. The van der Waals surface area contributed by atoms with Crippen LogP contribution < -0.4 is 15.3 Å². The van der Waals surface area contributed by atoms with Gasteiger partial charge in [-0.05, 0) is 31.4 Å². The van der Waals surface area contributed by atoms with Gasteiger partial charge < -0.3 is 14.6 Å². The van der Waals surface area contributed by atoms with E-state index in [-0.39, 0.29) is 0 Å². The Balaban J connectivity index is 1.46. The fourth-order valence-corrected chi connectivity index (χ4v) is 3.52. The van der Waals surface area contributed by atoms with Crippen LogP contribution in [0.15, 0.2) is 42.9 Å². The lowest BCUT2D eigenvalue weighted by Crippen LogP contribution is -2.49. The van der Waals surface area contributed by atoms with Crippen LogP contribution in [-0.4, -0.2) is 53.2 Å². The maximum Gasteiger partial charge on any atom is 0.434 e. The average Bonchev–Trinajstić information content (AvgIpc) is 2.77. The van der Waals surface area contributed by atoms with Crippen molar-refractivity contribution in [1.82, 2.24) is 20.3 Å². The Kier molecular flexibility index (Phi) is 5.22. The van der Waals surface area contributed by atoms with Gasteiger partial charge in [-0.15, -0.1) is 0 Å². The van der Waals surface area contributed by atoms with Gasteiger partial charge in [-0.3, -0.25) is 9.88 Å². The number of fused-ring (bicyclic) bond motifs is 1. The van der Waals surface area contributed by atoms with Gasteiger partial charge in [0.2, 0.25) is 0 Å². The Bertz CT molecular complexity index is 841. The first-order valence-electron chi connectivity index (χ1n) is 9.40. The molecule has 0 aliphatic carbocycles. The van der Waals surface area contributed by atoms with Crippen molar-refractivity contribution in [2.75, 3.05) is 36.0 Å². The van der Waals surface area contributed by atoms with Gasteiger partial charge in [0.05, 0.1) is 17.6 Å². The molecule has 1 saturated heterocycles. The van der Waals surface area contributed by atoms with Crippen LogP contribution in [0.3, 0.4) is 0 Å². The summed E-state index contributed by atoms with van der Waals surface area (Å²) in [4.78, 5) is 43.5. The van der Waals surface area contributed by atoms with Crippen LogP contribution >= 0.6 is 0 Å². The summed E-state index contributed by atoms with van der Waals surface area (Å²) in [6, 6.07) is 7.06. The maximum atomic E-state index is 12.7. The molecule has 0 bridgehead atoms. The quantitative estimate of drug-likeness (QED) is 0.763. The summed E-state index contributed by atoms with van der Waals surface area (Å²) in [6.45, 7) is 2.28. The number of likely N-dealkylation sites (tertiary alicyclic amines) is 1. The van der Waals surface area contributed by atoms with Crippen molar-refractivity contribution in [3.63, 3.8) is 0 Å². The standard InChI is InChI=1S/C19H22N6O3/c26-18(22-28-19(27)23-10-4-1-5-11-23)25-13-12-24(17-14-20-8-9-21-17)15-6-2-3-7-16(15)25/h2-3,6-9,14H,1,4-5,10-13H2,(H,22,26). The molecule has 2 aliphatic rings. The van der Waals surface area contributed by atoms with Gasteiger partial charge in [0.25, 0.3) is 0 Å². The van der Waals surface area contributed by atoms with Crippen molar-refractivity contribution in [3.05, 3.63) is 42.9 Å². The van der Waals surface area contributed by atoms with E-state index in [4.69, 9.17) is 4.84 Å². The first-order valence-corrected chi connectivity index (χ1v) is 9.40. The molecule has 2 aromatic rings. The number of carbonyl (C=O) groups is 2. The monoisotopic (exact) mass is 382 g/mol. The molecule has 1 aromatic carbocycles. The molecule has 0 spiro atoms. The fraction of sp³-hybridized carbons (Fsp3) is 0.368. The molecule has 0 saturated carbocycles. The lowest BCUT2D eigenvalue weighted by Gasteiger charge is -2.36. The normalized spacial score (nSPS) is 16.4. The van der Waals surface area contributed by atoms with Crippen LogP contribution in [0.2, 0.25) is 0 Å². The second-order valence-corrected chi connectivity index (χ2v) is 6.68. The number of aromatic nitrogens is 2. The van der Waals surface area contributed by atoms with Crippen molar-refractivity contribution >= 4 is 29.3 Å². The van der Waals surface area contributed by atoms with Crippen LogP contribution in [0.25, 0.3) is 0 Å². The first kappa shape index (κ1) is 18.0. The Morgan fingerprint density at radius 1 is 0.964 bits per heavy atom. The number of amides is 3. The second-order valence-electron chi connectivity index (χ2n) is 6.68. The molecule has 0 atom stereocenters. The average molecular weight is 382 g/mol. The number of hydrogen-bond donors (Lipinski definition) is 1. The molecule has 9 nitrogen and oxygen atoms in total. The largest absolute Gasteiger partial charge is 0.434 e. The smallest absolute Gasteiger partial charge is 0.321 e. The third kappa shape index (κ3) is 3.68. The van der Waals surface area contributed by atoms with E-state index in [1.165, 1.54) is 0 Å². The molecule has 1 N–H and O–H groups in total. The van der Waals surface area contributed by atoms with E-state index >= 15 is 0 Å². The molecule has 4 rings (SSSR count). The number of rotatable bonds is 1. The van der Waals surface area contributed by atoms with Crippen molar-refractivity contribution < 1.29 is 14.4 Å². The van der Waals surface area contributed by atoms with Crippen LogP contribution in [0, 0.1) is 0 Å². The predicted molar refractivity (Wildman–Crippen MR) is 103 cm³/mol. The summed E-state index contributed by atoms with van der Waals surface area (Å²) < 4.78 is 0. The molecule has 0 radical (unpaired) electrons. The predicted octanol–water partition coefficient (Wildman–Crippen LogP) is 2.68. The summed E-state index contributed by atoms with van der Waals surface area (Å²) in [6.07, 6.45) is 7.46. The Hall–Kier alpha value is -3.36. The SMILES string of the molecule is O=C(ONC(=O)N1CCN(c2cnccn2)c2ccccc21)N1CCCCC1. The third-order valence-electron chi connectivity index (χ3n) is 4.92. The minimum absolute atomic E-state index is 0.417. The third-order valence-corrected chi connectivity index (χ3v) is 4.92. The summed E-state index contributed by atoms with van der Waals surface area (Å²) >= 11 is 0. The van der Waals surface area contributed by atoms with Gasteiger partial charge in [-0.25, -0.2) is 14.6 Å². The number of anilines is 3. The lowest BCUT2D eigenvalue weighted by molar-refractivity contribution is 0.0627. The van der Waals surface area contributed by atoms with Crippen LogP contribution in [-0.2, 0) is 4.84 Å². The number of benzene rings is 1. The van der Waals surface area contributed by atoms with E-state index in [1.54, 1.807) is 28.4 Å². The first-order chi connectivity index (χ1) is 13.7. The molecular weight excluding hydrogens is 360 g/mol. The zero-order valence-electron chi connectivity index (χ0n) is 15.5. The molecule has 9 heteroatoms. The highest BCUT2D eigenvalue weighted by Crippen LogP contribution is 2.36. The van der Waals surface area contributed by atoms with E-state index in [9.17, 15) is 9.59 Å². The minimum Gasteiger partial charge on any atom is -0.321 e. The number of hydrogen-bond acceptors (Lipinski definition) is 6. The Morgan fingerprint density at radius 2 is 1.75 bits per heavy atom.